The highest BCUT2D eigenvalue weighted by Gasteiger charge is 2.30. The largest absolute Gasteiger partial charge is 0.480 e. The van der Waals surface area contributed by atoms with E-state index in [1.807, 2.05) is 0 Å². The minimum Gasteiger partial charge on any atom is -0.480 e. The summed E-state index contributed by atoms with van der Waals surface area (Å²) in [6, 6.07) is 2.01. The molecule has 1 fully saturated rings. The summed E-state index contributed by atoms with van der Waals surface area (Å²) in [4.78, 5) is 34.7. The van der Waals surface area contributed by atoms with E-state index in [0.717, 1.165) is 24.2 Å². The fourth-order valence-electron chi connectivity index (χ4n) is 1.71. The van der Waals surface area contributed by atoms with E-state index in [2.05, 4.69) is 10.6 Å². The van der Waals surface area contributed by atoms with E-state index >= 15 is 0 Å². The van der Waals surface area contributed by atoms with Crippen LogP contribution in [0.25, 0.3) is 0 Å². The van der Waals surface area contributed by atoms with E-state index in [1.165, 1.54) is 6.07 Å². The molecule has 1 aliphatic carbocycles. The average molecular weight is 312 g/mol. The Morgan fingerprint density at radius 3 is 2.62 bits per heavy atom. The molecule has 0 unspecified atom stereocenters. The zero-order valence-electron chi connectivity index (χ0n) is 11.2. The van der Waals surface area contributed by atoms with Crippen molar-refractivity contribution in [1.82, 2.24) is 5.32 Å². The molecular weight excluding hydrogens is 296 g/mol. The fraction of sp³-hybridized carbons (Fsp3) is 0.462. The maximum Gasteiger partial charge on any atom is 0.326 e. The number of hydrogen-bond donors (Lipinski definition) is 4. The molecule has 4 N–H and O–H groups in total. The van der Waals surface area contributed by atoms with Gasteiger partial charge in [-0.2, -0.15) is 0 Å². The quantitative estimate of drug-likeness (QED) is 0.590. The molecule has 114 valence electrons. The number of carboxylic acids is 1. The van der Waals surface area contributed by atoms with Crippen molar-refractivity contribution in [3.8, 4) is 0 Å². The topological polar surface area (TPSA) is 116 Å². The van der Waals surface area contributed by atoms with Crippen LogP contribution < -0.4 is 10.6 Å². The van der Waals surface area contributed by atoms with Crippen molar-refractivity contribution < 1.29 is 24.6 Å². The SMILES string of the molecule is O=C(N[C@@H](CCO)C(=O)O)c1ccc(NC(=O)C2CC2)s1. The fourth-order valence-corrected chi connectivity index (χ4v) is 2.52. The predicted octanol–water partition coefficient (Wildman–Crippen LogP) is 0.662. The van der Waals surface area contributed by atoms with Crippen molar-refractivity contribution >= 4 is 34.1 Å². The molecule has 0 aromatic carbocycles. The maximum atomic E-state index is 11.9. The Bertz CT molecular complexity index is 553. The number of carboxylic acid groups (broad SMARTS) is 1. The Kier molecular flexibility index (Phi) is 4.92. The van der Waals surface area contributed by atoms with Gasteiger partial charge in [-0.05, 0) is 25.0 Å². The van der Waals surface area contributed by atoms with Gasteiger partial charge in [0.05, 0.1) is 9.88 Å². The Morgan fingerprint density at radius 1 is 1.33 bits per heavy atom. The molecule has 0 saturated heterocycles. The summed E-state index contributed by atoms with van der Waals surface area (Å²) in [7, 11) is 0. The molecule has 1 atom stereocenters. The summed E-state index contributed by atoms with van der Waals surface area (Å²) in [5.41, 5.74) is 0. The lowest BCUT2D eigenvalue weighted by atomic mass is 10.2. The second-order valence-electron chi connectivity index (χ2n) is 4.80. The molecule has 0 radical (unpaired) electrons. The molecule has 0 bridgehead atoms. The van der Waals surface area contributed by atoms with Crippen LogP contribution >= 0.6 is 11.3 Å². The summed E-state index contributed by atoms with van der Waals surface area (Å²) in [6.07, 6.45) is 1.73. The van der Waals surface area contributed by atoms with Crippen LogP contribution in [0.4, 0.5) is 5.00 Å². The van der Waals surface area contributed by atoms with Crippen molar-refractivity contribution in [2.24, 2.45) is 5.92 Å². The Balaban J connectivity index is 1.94. The molecule has 0 spiro atoms. The van der Waals surface area contributed by atoms with Gasteiger partial charge in [-0.15, -0.1) is 11.3 Å². The van der Waals surface area contributed by atoms with Crippen molar-refractivity contribution in [2.45, 2.75) is 25.3 Å². The van der Waals surface area contributed by atoms with Gasteiger partial charge in [-0.25, -0.2) is 4.79 Å². The van der Waals surface area contributed by atoms with Crippen molar-refractivity contribution in [1.29, 1.82) is 0 Å². The van der Waals surface area contributed by atoms with E-state index in [0.29, 0.717) is 9.88 Å². The van der Waals surface area contributed by atoms with Gasteiger partial charge in [0.25, 0.3) is 5.91 Å². The molecule has 2 rings (SSSR count). The van der Waals surface area contributed by atoms with E-state index < -0.39 is 17.9 Å². The van der Waals surface area contributed by atoms with Crippen molar-refractivity contribution in [2.75, 3.05) is 11.9 Å². The highest BCUT2D eigenvalue weighted by molar-refractivity contribution is 7.18. The lowest BCUT2D eigenvalue weighted by Crippen LogP contribution is -2.41. The molecule has 8 heteroatoms. The number of anilines is 1. The Morgan fingerprint density at radius 2 is 2.05 bits per heavy atom. The number of nitrogens with one attached hydrogen (secondary N) is 2. The molecule has 1 heterocycles. The average Bonchev–Trinajstić information content (AvgIpc) is 3.18. The lowest BCUT2D eigenvalue weighted by Gasteiger charge is -2.12. The molecule has 2 amide bonds. The summed E-state index contributed by atoms with van der Waals surface area (Å²) < 4.78 is 0. The first-order valence-corrected chi connectivity index (χ1v) is 7.38. The van der Waals surface area contributed by atoms with Gasteiger partial charge in [0.15, 0.2) is 0 Å². The second-order valence-corrected chi connectivity index (χ2v) is 5.89. The maximum absolute atomic E-state index is 11.9. The van der Waals surface area contributed by atoms with Crippen LogP contribution in [0.15, 0.2) is 12.1 Å². The van der Waals surface area contributed by atoms with Crippen LogP contribution in [0.3, 0.4) is 0 Å². The number of amides is 2. The van der Waals surface area contributed by atoms with Gasteiger partial charge in [0.2, 0.25) is 5.91 Å². The number of carbonyl (C=O) groups is 3. The third-order valence-electron chi connectivity index (χ3n) is 3.05. The smallest absolute Gasteiger partial charge is 0.326 e. The zero-order valence-corrected chi connectivity index (χ0v) is 12.0. The van der Waals surface area contributed by atoms with Crippen LogP contribution in [-0.2, 0) is 9.59 Å². The summed E-state index contributed by atoms with van der Waals surface area (Å²) in [6.45, 7) is -0.329. The molecule has 1 aromatic heterocycles. The number of carbonyl (C=O) groups excluding carboxylic acids is 2. The van der Waals surface area contributed by atoms with E-state index in [4.69, 9.17) is 10.2 Å². The van der Waals surface area contributed by atoms with Crippen molar-refractivity contribution in [3.63, 3.8) is 0 Å². The lowest BCUT2D eigenvalue weighted by molar-refractivity contribution is -0.139. The molecule has 21 heavy (non-hydrogen) atoms. The van der Waals surface area contributed by atoms with Crippen LogP contribution in [0.5, 0.6) is 0 Å². The van der Waals surface area contributed by atoms with Gasteiger partial charge in [0, 0.05) is 18.9 Å². The molecule has 1 aromatic rings. The van der Waals surface area contributed by atoms with Gasteiger partial charge in [-0.3, -0.25) is 9.59 Å². The highest BCUT2D eigenvalue weighted by atomic mass is 32.1. The Labute approximate surface area is 125 Å². The van der Waals surface area contributed by atoms with E-state index in [-0.39, 0.29) is 24.9 Å². The normalized spacial score (nSPS) is 15.3. The number of thiophene rings is 1. The Hall–Kier alpha value is -1.93. The first kappa shape index (κ1) is 15.5. The molecular formula is C13H16N2O5S. The molecule has 7 nitrogen and oxygen atoms in total. The first-order chi connectivity index (χ1) is 10.0. The summed E-state index contributed by atoms with van der Waals surface area (Å²) >= 11 is 1.09. The number of aliphatic hydroxyl groups is 1. The van der Waals surface area contributed by atoms with Gasteiger partial charge >= 0.3 is 5.97 Å². The minimum absolute atomic E-state index is 0.0486. The first-order valence-electron chi connectivity index (χ1n) is 6.56. The van der Waals surface area contributed by atoms with Gasteiger partial charge in [-0.1, -0.05) is 0 Å². The second kappa shape index (κ2) is 6.68. The highest BCUT2D eigenvalue weighted by Crippen LogP contribution is 2.31. The number of rotatable bonds is 7. The minimum atomic E-state index is -1.20. The van der Waals surface area contributed by atoms with Crippen LogP contribution in [0.2, 0.25) is 0 Å². The number of hydrogen-bond acceptors (Lipinski definition) is 5. The van der Waals surface area contributed by atoms with Crippen LogP contribution in [-0.4, -0.2) is 40.6 Å². The van der Waals surface area contributed by atoms with E-state index in [1.54, 1.807) is 6.07 Å². The monoisotopic (exact) mass is 312 g/mol. The van der Waals surface area contributed by atoms with Crippen LogP contribution in [0, 0.1) is 5.92 Å². The van der Waals surface area contributed by atoms with Gasteiger partial charge < -0.3 is 20.8 Å². The summed E-state index contributed by atoms with van der Waals surface area (Å²) in [5, 5.41) is 23.3. The summed E-state index contributed by atoms with van der Waals surface area (Å²) in [5.74, 6) is -1.71. The molecule has 1 aliphatic rings. The zero-order chi connectivity index (χ0) is 15.4. The number of aliphatic hydroxyl groups excluding tert-OH is 1. The van der Waals surface area contributed by atoms with E-state index in [9.17, 15) is 14.4 Å². The standard InChI is InChI=1S/C13H16N2O5S/c16-6-5-8(13(19)20)14-12(18)9-3-4-10(21-9)15-11(17)7-1-2-7/h3-4,7-8,16H,1-2,5-6H2,(H,14,18)(H,15,17)(H,19,20)/t8-/m0/s1. The number of aliphatic carboxylic acids is 1. The van der Waals surface area contributed by atoms with Crippen molar-refractivity contribution in [3.05, 3.63) is 17.0 Å². The third-order valence-corrected chi connectivity index (χ3v) is 4.04. The third kappa shape index (κ3) is 4.27. The molecule has 0 aliphatic heterocycles. The predicted molar refractivity (Wildman–Crippen MR) is 76.3 cm³/mol. The molecule has 1 saturated carbocycles. The van der Waals surface area contributed by atoms with Gasteiger partial charge in [0.1, 0.15) is 6.04 Å². The van der Waals surface area contributed by atoms with Crippen LogP contribution in [0.1, 0.15) is 28.9 Å².